The number of nitrogens with one attached hydrogen (secondary N) is 1. The van der Waals surface area contributed by atoms with E-state index >= 15 is 0 Å². The lowest BCUT2D eigenvalue weighted by molar-refractivity contribution is 0.108. The minimum atomic E-state index is 0.0400. The fourth-order valence-electron chi connectivity index (χ4n) is 2.92. The highest BCUT2D eigenvalue weighted by molar-refractivity contribution is 5.74. The average molecular weight is 289 g/mol. The Hall–Kier alpha value is -1.75. The van der Waals surface area contributed by atoms with E-state index in [9.17, 15) is 4.79 Å². The summed E-state index contributed by atoms with van der Waals surface area (Å²) in [7, 11) is 0. The lowest BCUT2D eigenvalue weighted by atomic mass is 10.2. The number of piperazine rings is 1. The van der Waals surface area contributed by atoms with Crippen molar-refractivity contribution in [1.29, 1.82) is 0 Å². The summed E-state index contributed by atoms with van der Waals surface area (Å²) in [5, 5.41) is 2.99. The maximum atomic E-state index is 12.1. The summed E-state index contributed by atoms with van der Waals surface area (Å²) >= 11 is 0. The number of amides is 2. The minimum Gasteiger partial charge on any atom is -0.376 e. The van der Waals surface area contributed by atoms with E-state index in [1.807, 2.05) is 11.0 Å². The normalized spacial score (nSPS) is 22.4. The molecule has 1 N–H and O–H groups in total. The number of para-hydroxylation sites is 1. The number of urea groups is 1. The van der Waals surface area contributed by atoms with E-state index in [4.69, 9.17) is 4.74 Å². The van der Waals surface area contributed by atoms with Crippen molar-refractivity contribution >= 4 is 11.7 Å². The second-order valence-corrected chi connectivity index (χ2v) is 5.63. The molecule has 114 valence electrons. The Kier molecular flexibility index (Phi) is 4.60. The third-order valence-electron chi connectivity index (χ3n) is 4.19. The number of ether oxygens (including phenoxy) is 1. The van der Waals surface area contributed by atoms with E-state index in [-0.39, 0.29) is 12.1 Å². The largest absolute Gasteiger partial charge is 0.376 e. The van der Waals surface area contributed by atoms with Crippen LogP contribution in [0.1, 0.15) is 12.8 Å². The molecule has 0 aromatic heterocycles. The third-order valence-corrected chi connectivity index (χ3v) is 4.19. The van der Waals surface area contributed by atoms with Gasteiger partial charge in [0.25, 0.3) is 0 Å². The molecule has 0 spiro atoms. The summed E-state index contributed by atoms with van der Waals surface area (Å²) in [5.41, 5.74) is 1.23. The second-order valence-electron chi connectivity index (χ2n) is 5.63. The third kappa shape index (κ3) is 3.67. The molecule has 21 heavy (non-hydrogen) atoms. The van der Waals surface area contributed by atoms with Gasteiger partial charge in [0.1, 0.15) is 0 Å². The summed E-state index contributed by atoms with van der Waals surface area (Å²) in [6.45, 7) is 4.78. The van der Waals surface area contributed by atoms with Gasteiger partial charge in [-0.2, -0.15) is 0 Å². The van der Waals surface area contributed by atoms with Crippen molar-refractivity contribution in [2.75, 3.05) is 44.2 Å². The molecule has 3 rings (SSSR count). The first-order chi connectivity index (χ1) is 10.3. The number of carbonyl (C=O) groups excluding carboxylic acids is 1. The van der Waals surface area contributed by atoms with Gasteiger partial charge < -0.3 is 19.9 Å². The molecule has 2 saturated heterocycles. The lowest BCUT2D eigenvalue weighted by Crippen LogP contribution is -2.52. The zero-order chi connectivity index (χ0) is 14.5. The molecule has 5 nitrogen and oxygen atoms in total. The molecule has 0 radical (unpaired) electrons. The van der Waals surface area contributed by atoms with Crippen LogP contribution in [-0.2, 0) is 4.74 Å². The molecule has 0 bridgehead atoms. The smallest absolute Gasteiger partial charge is 0.317 e. The van der Waals surface area contributed by atoms with Gasteiger partial charge in [0.2, 0.25) is 0 Å². The average Bonchev–Trinajstić information content (AvgIpc) is 3.07. The number of rotatable bonds is 3. The first-order valence-corrected chi connectivity index (χ1v) is 7.77. The van der Waals surface area contributed by atoms with Gasteiger partial charge in [-0.15, -0.1) is 0 Å². The van der Waals surface area contributed by atoms with E-state index in [0.29, 0.717) is 6.54 Å². The fourth-order valence-corrected chi connectivity index (χ4v) is 2.92. The summed E-state index contributed by atoms with van der Waals surface area (Å²) in [4.78, 5) is 16.4. The van der Waals surface area contributed by atoms with Crippen molar-refractivity contribution in [1.82, 2.24) is 10.2 Å². The van der Waals surface area contributed by atoms with Crippen LogP contribution in [0.4, 0.5) is 10.5 Å². The molecule has 5 heteroatoms. The van der Waals surface area contributed by atoms with Crippen LogP contribution < -0.4 is 10.2 Å². The Morgan fingerprint density at radius 3 is 2.62 bits per heavy atom. The molecule has 2 amide bonds. The molecule has 2 fully saturated rings. The number of hydrogen-bond acceptors (Lipinski definition) is 3. The van der Waals surface area contributed by atoms with Crippen molar-refractivity contribution in [2.45, 2.75) is 18.9 Å². The van der Waals surface area contributed by atoms with Gasteiger partial charge in [-0.3, -0.25) is 0 Å². The maximum Gasteiger partial charge on any atom is 0.317 e. The van der Waals surface area contributed by atoms with Crippen LogP contribution in [0.15, 0.2) is 30.3 Å². The monoisotopic (exact) mass is 289 g/mol. The van der Waals surface area contributed by atoms with Crippen LogP contribution in [-0.4, -0.2) is 56.4 Å². The van der Waals surface area contributed by atoms with Gasteiger partial charge in [0, 0.05) is 45.0 Å². The molecule has 0 aliphatic carbocycles. The van der Waals surface area contributed by atoms with Crippen molar-refractivity contribution in [3.8, 4) is 0 Å². The molecular weight excluding hydrogens is 266 g/mol. The molecule has 0 saturated carbocycles. The predicted molar refractivity (Wildman–Crippen MR) is 82.6 cm³/mol. The van der Waals surface area contributed by atoms with E-state index in [0.717, 1.165) is 45.6 Å². The number of carbonyl (C=O) groups is 1. The van der Waals surface area contributed by atoms with Crippen LogP contribution in [0.25, 0.3) is 0 Å². The molecular formula is C16H23N3O2. The predicted octanol–water partition coefficient (Wildman–Crippen LogP) is 1.70. The zero-order valence-electron chi connectivity index (χ0n) is 12.3. The molecule has 2 aliphatic rings. The van der Waals surface area contributed by atoms with Gasteiger partial charge in [-0.1, -0.05) is 18.2 Å². The Labute approximate surface area is 125 Å². The summed E-state index contributed by atoms with van der Waals surface area (Å²) in [6.07, 6.45) is 2.37. The van der Waals surface area contributed by atoms with E-state index in [2.05, 4.69) is 34.5 Å². The van der Waals surface area contributed by atoms with Crippen LogP contribution >= 0.6 is 0 Å². The van der Waals surface area contributed by atoms with Crippen LogP contribution in [0, 0.1) is 0 Å². The molecule has 1 aromatic carbocycles. The van der Waals surface area contributed by atoms with Crippen molar-refractivity contribution in [3.63, 3.8) is 0 Å². The number of hydrogen-bond donors (Lipinski definition) is 1. The number of anilines is 1. The molecule has 0 unspecified atom stereocenters. The lowest BCUT2D eigenvalue weighted by Gasteiger charge is -2.36. The Morgan fingerprint density at radius 1 is 1.19 bits per heavy atom. The van der Waals surface area contributed by atoms with Crippen molar-refractivity contribution in [2.24, 2.45) is 0 Å². The van der Waals surface area contributed by atoms with Crippen LogP contribution in [0.3, 0.4) is 0 Å². The van der Waals surface area contributed by atoms with E-state index in [1.54, 1.807) is 0 Å². The topological polar surface area (TPSA) is 44.8 Å². The van der Waals surface area contributed by atoms with Crippen molar-refractivity contribution in [3.05, 3.63) is 30.3 Å². The standard InChI is InChI=1S/C16H23N3O2/c20-16(17-13-15-7-4-12-21-15)19-10-8-18(9-11-19)14-5-2-1-3-6-14/h1-3,5-6,15H,4,7-13H2,(H,17,20)/t15-/m0/s1. The van der Waals surface area contributed by atoms with Gasteiger partial charge in [0.05, 0.1) is 6.10 Å². The second kappa shape index (κ2) is 6.80. The van der Waals surface area contributed by atoms with Crippen LogP contribution in [0.5, 0.6) is 0 Å². The maximum absolute atomic E-state index is 12.1. The molecule has 2 aliphatic heterocycles. The first kappa shape index (κ1) is 14.2. The molecule has 1 atom stereocenters. The Bertz CT molecular complexity index is 452. The van der Waals surface area contributed by atoms with Gasteiger partial charge in [-0.25, -0.2) is 4.79 Å². The van der Waals surface area contributed by atoms with E-state index in [1.165, 1.54) is 5.69 Å². The molecule has 1 aromatic rings. The van der Waals surface area contributed by atoms with Crippen LogP contribution in [0.2, 0.25) is 0 Å². The van der Waals surface area contributed by atoms with E-state index < -0.39 is 0 Å². The zero-order valence-corrected chi connectivity index (χ0v) is 12.3. The van der Waals surface area contributed by atoms with Gasteiger partial charge >= 0.3 is 6.03 Å². The summed E-state index contributed by atoms with van der Waals surface area (Å²) in [5.74, 6) is 0. The van der Waals surface area contributed by atoms with Crippen molar-refractivity contribution < 1.29 is 9.53 Å². The summed E-state index contributed by atoms with van der Waals surface area (Å²) in [6, 6.07) is 10.4. The first-order valence-electron chi connectivity index (χ1n) is 7.77. The highest BCUT2D eigenvalue weighted by atomic mass is 16.5. The number of nitrogens with zero attached hydrogens (tertiary/aromatic N) is 2. The SMILES string of the molecule is O=C(NC[C@@H]1CCCO1)N1CCN(c2ccccc2)CC1. The van der Waals surface area contributed by atoms with Gasteiger partial charge in [-0.05, 0) is 25.0 Å². The Balaban J connectivity index is 1.43. The Morgan fingerprint density at radius 2 is 1.95 bits per heavy atom. The molecule has 2 heterocycles. The number of benzene rings is 1. The highest BCUT2D eigenvalue weighted by Gasteiger charge is 2.22. The van der Waals surface area contributed by atoms with Gasteiger partial charge in [0.15, 0.2) is 0 Å². The highest BCUT2D eigenvalue weighted by Crippen LogP contribution is 2.15. The quantitative estimate of drug-likeness (QED) is 0.921. The fraction of sp³-hybridized carbons (Fsp3) is 0.562. The minimum absolute atomic E-state index is 0.0400. The summed E-state index contributed by atoms with van der Waals surface area (Å²) < 4.78 is 5.52.